The maximum atomic E-state index is 13.0. The van der Waals surface area contributed by atoms with E-state index in [1.165, 1.54) is 6.20 Å². The summed E-state index contributed by atoms with van der Waals surface area (Å²) in [7, 11) is 0. The van der Waals surface area contributed by atoms with Gasteiger partial charge in [-0.25, -0.2) is 0 Å². The number of nitriles is 2. The van der Waals surface area contributed by atoms with Crippen molar-refractivity contribution in [1.29, 1.82) is 10.5 Å². The lowest BCUT2D eigenvalue weighted by molar-refractivity contribution is 0.00868. The molecule has 182 valence electrons. The number of aryl methyl sites for hydroxylation is 1. The highest BCUT2D eigenvalue weighted by molar-refractivity contribution is 6.12. The summed E-state index contributed by atoms with van der Waals surface area (Å²) in [5.41, 5.74) is 3.04. The molecular formula is C27H27N7O2. The summed E-state index contributed by atoms with van der Waals surface area (Å²) in [6, 6.07) is 10.0. The average Bonchev–Trinajstić information content (AvgIpc) is 3.53. The van der Waals surface area contributed by atoms with Gasteiger partial charge in [-0.15, -0.1) is 0 Å². The number of allylic oxidation sites excluding steroid dienone is 1. The number of pyridine rings is 2. The number of aliphatic imine (C=N–C) groups is 1. The van der Waals surface area contributed by atoms with E-state index in [0.29, 0.717) is 29.6 Å². The fourth-order valence-corrected chi connectivity index (χ4v) is 4.95. The molecule has 5 rings (SSSR count). The molecule has 36 heavy (non-hydrogen) atoms. The first-order chi connectivity index (χ1) is 17.3. The van der Waals surface area contributed by atoms with Crippen molar-refractivity contribution < 1.29 is 9.53 Å². The number of morpholine rings is 1. The molecule has 2 saturated heterocycles. The van der Waals surface area contributed by atoms with Crippen LogP contribution < -0.4 is 5.32 Å². The third-order valence-electron chi connectivity index (χ3n) is 7.08. The number of fused-ring (bicyclic) bond motifs is 2. The van der Waals surface area contributed by atoms with E-state index < -0.39 is 5.41 Å². The molecule has 1 N–H and O–H groups in total. The minimum absolute atomic E-state index is 0.215. The zero-order valence-electron chi connectivity index (χ0n) is 20.5. The minimum Gasteiger partial charge on any atom is -0.375 e. The Balaban J connectivity index is 1.36. The number of nitrogens with zero attached hydrogens (tertiary/aromatic N) is 6. The number of ether oxygens (including phenoxy) is 1. The maximum Gasteiger partial charge on any atom is 0.255 e. The maximum absolute atomic E-state index is 13.0. The van der Waals surface area contributed by atoms with Crippen molar-refractivity contribution in [2.45, 2.75) is 50.9 Å². The second-order valence-corrected chi connectivity index (χ2v) is 9.99. The van der Waals surface area contributed by atoms with Crippen molar-refractivity contribution in [2.75, 3.05) is 18.5 Å². The molecule has 5 heterocycles. The molecule has 3 aliphatic rings. The Hall–Kier alpha value is -3.92. The van der Waals surface area contributed by atoms with Crippen LogP contribution >= 0.6 is 0 Å². The van der Waals surface area contributed by atoms with Gasteiger partial charge in [-0.3, -0.25) is 24.7 Å². The molecule has 2 fully saturated rings. The number of nitrogens with one attached hydrogen (secondary N) is 1. The minimum atomic E-state index is -0.807. The van der Waals surface area contributed by atoms with Crippen LogP contribution in [0.4, 0.5) is 5.69 Å². The van der Waals surface area contributed by atoms with Gasteiger partial charge in [-0.1, -0.05) is 6.08 Å². The predicted octanol–water partition coefficient (Wildman–Crippen LogP) is 3.25. The van der Waals surface area contributed by atoms with Gasteiger partial charge >= 0.3 is 0 Å². The van der Waals surface area contributed by atoms with Gasteiger partial charge in [0.2, 0.25) is 0 Å². The molecule has 0 aromatic carbocycles. The number of dihydropyridines is 1. The molecule has 0 aliphatic carbocycles. The normalized spacial score (nSPS) is 25.2. The van der Waals surface area contributed by atoms with Crippen molar-refractivity contribution in [1.82, 2.24) is 14.9 Å². The Labute approximate surface area is 210 Å². The lowest BCUT2D eigenvalue weighted by atomic mass is 9.90. The Kier molecular flexibility index (Phi) is 6.13. The summed E-state index contributed by atoms with van der Waals surface area (Å²) < 4.78 is 5.70. The number of carbonyl (C=O) groups excluding carboxylic acids is 1. The SMILES string of the molecule is Cc1ncc(NC(=O)c2ccnc(C(C)(C)C#N)c2)cc1C1=CC(C#N)C(N2C[C@H]3C[C@@H]2CO3)N=C1. The van der Waals surface area contributed by atoms with Crippen molar-refractivity contribution in [2.24, 2.45) is 10.9 Å². The van der Waals surface area contributed by atoms with Crippen LogP contribution in [0, 0.1) is 35.5 Å². The number of likely N-dealkylation sites (tertiary alicyclic amines) is 1. The number of hydrogen-bond donors (Lipinski definition) is 1. The zero-order valence-corrected chi connectivity index (χ0v) is 20.5. The quantitative estimate of drug-likeness (QED) is 0.694. The molecule has 2 aromatic rings. The summed E-state index contributed by atoms with van der Waals surface area (Å²) in [6.45, 7) is 6.90. The summed E-state index contributed by atoms with van der Waals surface area (Å²) >= 11 is 0. The topological polar surface area (TPSA) is 127 Å². The van der Waals surface area contributed by atoms with Gasteiger partial charge in [-0.2, -0.15) is 10.5 Å². The fourth-order valence-electron chi connectivity index (χ4n) is 4.95. The second-order valence-electron chi connectivity index (χ2n) is 9.99. The number of aromatic nitrogens is 2. The Morgan fingerprint density at radius 2 is 2.11 bits per heavy atom. The van der Waals surface area contributed by atoms with Gasteiger partial charge in [-0.05, 0) is 51.0 Å². The van der Waals surface area contributed by atoms with Crippen LogP contribution in [-0.2, 0) is 10.2 Å². The number of anilines is 1. The Bertz CT molecular complexity index is 1350. The molecule has 0 saturated carbocycles. The van der Waals surface area contributed by atoms with Crippen molar-refractivity contribution in [3.8, 4) is 12.1 Å². The van der Waals surface area contributed by atoms with E-state index in [9.17, 15) is 15.3 Å². The second kappa shape index (κ2) is 9.27. The summed E-state index contributed by atoms with van der Waals surface area (Å²) in [5.74, 6) is -0.711. The van der Waals surface area contributed by atoms with Crippen molar-refractivity contribution >= 4 is 23.4 Å². The van der Waals surface area contributed by atoms with Crippen LogP contribution in [0.2, 0.25) is 0 Å². The largest absolute Gasteiger partial charge is 0.375 e. The Morgan fingerprint density at radius 1 is 1.28 bits per heavy atom. The molecule has 2 bridgehead atoms. The molecule has 1 amide bonds. The van der Waals surface area contributed by atoms with E-state index in [2.05, 4.69) is 32.3 Å². The van der Waals surface area contributed by atoms with Crippen LogP contribution in [0.5, 0.6) is 0 Å². The number of rotatable bonds is 5. The summed E-state index contributed by atoms with van der Waals surface area (Å²) in [4.78, 5) is 28.7. The van der Waals surface area contributed by atoms with E-state index in [1.807, 2.05) is 19.1 Å². The summed E-state index contributed by atoms with van der Waals surface area (Å²) in [6.07, 6.45) is 7.90. The van der Waals surface area contributed by atoms with Crippen LogP contribution in [0.3, 0.4) is 0 Å². The number of amides is 1. The van der Waals surface area contributed by atoms with Crippen LogP contribution in [0.25, 0.3) is 5.57 Å². The molecule has 0 spiro atoms. The monoisotopic (exact) mass is 481 g/mol. The first-order valence-corrected chi connectivity index (χ1v) is 12.0. The third-order valence-corrected chi connectivity index (χ3v) is 7.08. The van der Waals surface area contributed by atoms with Crippen molar-refractivity contribution in [3.05, 3.63) is 59.2 Å². The highest BCUT2D eigenvalue weighted by Crippen LogP contribution is 2.35. The molecule has 3 aliphatic heterocycles. The lowest BCUT2D eigenvalue weighted by Gasteiger charge is -2.35. The van der Waals surface area contributed by atoms with Gasteiger partial charge in [0.05, 0.1) is 47.8 Å². The highest BCUT2D eigenvalue weighted by atomic mass is 16.5. The lowest BCUT2D eigenvalue weighted by Crippen LogP contribution is -2.47. The van der Waals surface area contributed by atoms with E-state index in [4.69, 9.17) is 9.73 Å². The van der Waals surface area contributed by atoms with Gasteiger partial charge in [0.25, 0.3) is 5.91 Å². The van der Waals surface area contributed by atoms with Gasteiger partial charge < -0.3 is 10.1 Å². The molecular weight excluding hydrogens is 454 g/mol. The van der Waals surface area contributed by atoms with E-state index >= 15 is 0 Å². The van der Waals surface area contributed by atoms with E-state index in [0.717, 1.165) is 29.8 Å². The predicted molar refractivity (Wildman–Crippen MR) is 134 cm³/mol. The first kappa shape index (κ1) is 23.8. The van der Waals surface area contributed by atoms with E-state index in [-0.39, 0.29) is 24.1 Å². The first-order valence-electron chi connectivity index (χ1n) is 12.0. The van der Waals surface area contributed by atoms with Crippen LogP contribution in [0.15, 0.2) is 41.7 Å². The molecule has 9 nitrogen and oxygen atoms in total. The number of carbonyl (C=O) groups is 1. The van der Waals surface area contributed by atoms with Crippen molar-refractivity contribution in [3.63, 3.8) is 0 Å². The molecule has 2 aromatic heterocycles. The van der Waals surface area contributed by atoms with Gasteiger partial charge in [0.15, 0.2) is 0 Å². The van der Waals surface area contributed by atoms with Gasteiger partial charge in [0, 0.05) is 41.8 Å². The molecule has 9 heteroatoms. The van der Waals surface area contributed by atoms with E-state index in [1.54, 1.807) is 38.4 Å². The highest BCUT2D eigenvalue weighted by Gasteiger charge is 2.44. The molecule has 2 unspecified atom stereocenters. The van der Waals surface area contributed by atoms with Crippen LogP contribution in [0.1, 0.15) is 47.6 Å². The average molecular weight is 482 g/mol. The number of hydrogen-bond acceptors (Lipinski definition) is 8. The Morgan fingerprint density at radius 3 is 2.81 bits per heavy atom. The standard InChI is InChI=1S/C27H27N7O2/c1-16-23(19-6-18(10-28)25(32-11-19)34-13-22-9-21(34)14-36-22)8-20(12-31-16)33-26(35)17-4-5-30-24(7-17)27(2,3)15-29/h4-8,11-12,18,21-22,25H,9,13-14H2,1-3H3,(H,33,35)/t18?,21-,22-,25?/m1/s1. The zero-order chi connectivity index (χ0) is 25.4. The van der Waals surface area contributed by atoms with Crippen LogP contribution in [-0.4, -0.2) is 58.5 Å². The summed E-state index contributed by atoms with van der Waals surface area (Å²) in [5, 5.41) is 22.2. The van der Waals surface area contributed by atoms with Gasteiger partial charge in [0.1, 0.15) is 12.1 Å². The smallest absolute Gasteiger partial charge is 0.255 e. The molecule has 0 radical (unpaired) electrons. The molecule has 4 atom stereocenters. The third kappa shape index (κ3) is 4.39. The fraction of sp³-hybridized carbons (Fsp3) is 0.407.